The molecule has 3 nitrogen and oxygen atoms in total. The van der Waals surface area contributed by atoms with Gasteiger partial charge in [-0.3, -0.25) is 0 Å². The van der Waals surface area contributed by atoms with Crippen LogP contribution in [0.5, 0.6) is 0 Å². The Balaban J connectivity index is 0.000000980. The van der Waals surface area contributed by atoms with Gasteiger partial charge in [-0.15, -0.1) is 12.4 Å². The van der Waals surface area contributed by atoms with Crippen LogP contribution in [0, 0.1) is 13.8 Å². The molecular weight excluding hydrogens is 200 g/mol. The highest BCUT2D eigenvalue weighted by Gasteiger charge is 2.18. The lowest BCUT2D eigenvalue weighted by Gasteiger charge is -2.22. The molecule has 4 heteroatoms. The first kappa shape index (κ1) is 11.6. The third kappa shape index (κ3) is 2.29. The van der Waals surface area contributed by atoms with E-state index in [0.29, 0.717) is 6.04 Å². The summed E-state index contributed by atoms with van der Waals surface area (Å²) in [6.45, 7) is 7.12. The van der Waals surface area contributed by atoms with E-state index in [0.717, 1.165) is 31.2 Å². The van der Waals surface area contributed by atoms with Gasteiger partial charge in [0.2, 0.25) is 0 Å². The van der Waals surface area contributed by atoms with Gasteiger partial charge >= 0.3 is 0 Å². The van der Waals surface area contributed by atoms with Crippen LogP contribution in [-0.2, 0) is 0 Å². The van der Waals surface area contributed by atoms with Crippen molar-refractivity contribution in [3.05, 3.63) is 23.2 Å². The molecule has 2 rings (SSSR count). The van der Waals surface area contributed by atoms with Crippen molar-refractivity contribution in [3.63, 3.8) is 0 Å². The number of nitrogens with one attached hydrogen (secondary N) is 2. The largest absolute Gasteiger partial charge is 0.464 e. The first-order valence-electron chi connectivity index (χ1n) is 4.78. The minimum absolute atomic E-state index is 0. The molecule has 0 unspecified atom stereocenters. The van der Waals surface area contributed by atoms with Crippen molar-refractivity contribution in [1.29, 1.82) is 0 Å². The Hall–Kier alpha value is -0.510. The number of hydrogen-bond donors (Lipinski definition) is 2. The van der Waals surface area contributed by atoms with Gasteiger partial charge in [-0.25, -0.2) is 0 Å². The van der Waals surface area contributed by atoms with Crippen molar-refractivity contribution < 1.29 is 4.42 Å². The van der Waals surface area contributed by atoms with Gasteiger partial charge in [0, 0.05) is 19.6 Å². The average Bonchev–Trinajstić information content (AvgIpc) is 2.49. The summed E-state index contributed by atoms with van der Waals surface area (Å²) < 4.78 is 5.65. The highest BCUT2D eigenvalue weighted by molar-refractivity contribution is 5.85. The molecule has 0 aliphatic carbocycles. The van der Waals surface area contributed by atoms with E-state index in [4.69, 9.17) is 4.42 Å². The molecule has 80 valence electrons. The van der Waals surface area contributed by atoms with Gasteiger partial charge in [0.05, 0.1) is 6.04 Å². The van der Waals surface area contributed by atoms with E-state index in [1.165, 1.54) is 5.56 Å². The maximum Gasteiger partial charge on any atom is 0.122 e. The SMILES string of the molecule is Cc1cc([C@@H]2CNCCN2)oc1C.Cl. The predicted molar refractivity (Wildman–Crippen MR) is 59.0 cm³/mol. The highest BCUT2D eigenvalue weighted by Crippen LogP contribution is 2.20. The topological polar surface area (TPSA) is 37.2 Å². The zero-order valence-electron chi connectivity index (χ0n) is 8.59. The fourth-order valence-corrected chi connectivity index (χ4v) is 1.63. The second-order valence-corrected chi connectivity index (χ2v) is 3.60. The van der Waals surface area contributed by atoms with Crippen LogP contribution < -0.4 is 10.6 Å². The molecule has 0 radical (unpaired) electrons. The van der Waals surface area contributed by atoms with E-state index in [9.17, 15) is 0 Å². The fraction of sp³-hybridized carbons (Fsp3) is 0.600. The van der Waals surface area contributed by atoms with Crippen LogP contribution in [-0.4, -0.2) is 19.6 Å². The van der Waals surface area contributed by atoms with Crippen LogP contribution in [0.25, 0.3) is 0 Å². The Morgan fingerprint density at radius 1 is 1.36 bits per heavy atom. The normalized spacial score (nSPS) is 21.7. The van der Waals surface area contributed by atoms with Crippen molar-refractivity contribution in [2.24, 2.45) is 0 Å². The lowest BCUT2D eigenvalue weighted by Crippen LogP contribution is -2.42. The number of furan rings is 1. The molecule has 1 aliphatic heterocycles. The van der Waals surface area contributed by atoms with Crippen LogP contribution in [0.3, 0.4) is 0 Å². The Morgan fingerprint density at radius 3 is 2.64 bits per heavy atom. The van der Waals surface area contributed by atoms with Crippen molar-refractivity contribution in [2.45, 2.75) is 19.9 Å². The van der Waals surface area contributed by atoms with E-state index in [-0.39, 0.29) is 12.4 Å². The molecule has 1 saturated heterocycles. The lowest BCUT2D eigenvalue weighted by atomic mass is 10.1. The standard InChI is InChI=1S/C10H16N2O.ClH/c1-7-5-10(13-8(7)2)9-6-11-3-4-12-9;/h5,9,11-12H,3-4,6H2,1-2H3;1H/t9-;/m0./s1. The van der Waals surface area contributed by atoms with Crippen molar-refractivity contribution >= 4 is 12.4 Å². The summed E-state index contributed by atoms with van der Waals surface area (Å²) in [5.41, 5.74) is 1.24. The maximum absolute atomic E-state index is 5.65. The minimum atomic E-state index is 0. The first-order chi connectivity index (χ1) is 6.27. The molecule has 0 spiro atoms. The molecule has 2 N–H and O–H groups in total. The molecule has 0 amide bonds. The van der Waals surface area contributed by atoms with E-state index >= 15 is 0 Å². The molecule has 0 bridgehead atoms. The van der Waals surface area contributed by atoms with Crippen molar-refractivity contribution in [2.75, 3.05) is 19.6 Å². The number of piperazine rings is 1. The van der Waals surface area contributed by atoms with E-state index < -0.39 is 0 Å². The summed E-state index contributed by atoms with van der Waals surface area (Å²) in [4.78, 5) is 0. The quantitative estimate of drug-likeness (QED) is 0.748. The van der Waals surface area contributed by atoms with Gasteiger partial charge in [-0.2, -0.15) is 0 Å². The Bertz CT molecular complexity index is 273. The Labute approximate surface area is 90.7 Å². The third-order valence-electron chi connectivity index (χ3n) is 2.57. The molecule has 2 heterocycles. The van der Waals surface area contributed by atoms with Crippen LogP contribution in [0.2, 0.25) is 0 Å². The minimum Gasteiger partial charge on any atom is -0.464 e. The summed E-state index contributed by atoms with van der Waals surface area (Å²) in [7, 11) is 0. The van der Waals surface area contributed by atoms with Gasteiger partial charge in [0.1, 0.15) is 11.5 Å². The van der Waals surface area contributed by atoms with Crippen LogP contribution >= 0.6 is 12.4 Å². The van der Waals surface area contributed by atoms with E-state index in [1.54, 1.807) is 0 Å². The lowest BCUT2D eigenvalue weighted by molar-refractivity contribution is 0.356. The summed E-state index contributed by atoms with van der Waals surface area (Å²) in [6.07, 6.45) is 0. The average molecular weight is 217 g/mol. The second-order valence-electron chi connectivity index (χ2n) is 3.60. The Morgan fingerprint density at radius 2 is 2.14 bits per heavy atom. The number of halogens is 1. The van der Waals surface area contributed by atoms with Gasteiger partial charge in [0.25, 0.3) is 0 Å². The molecule has 1 aliphatic rings. The second kappa shape index (κ2) is 4.82. The molecule has 1 fully saturated rings. The van der Waals surface area contributed by atoms with Gasteiger partial charge in [-0.05, 0) is 25.5 Å². The number of hydrogen-bond acceptors (Lipinski definition) is 3. The van der Waals surface area contributed by atoms with Gasteiger partial charge in [0.15, 0.2) is 0 Å². The molecule has 1 aromatic heterocycles. The monoisotopic (exact) mass is 216 g/mol. The zero-order valence-corrected chi connectivity index (χ0v) is 9.41. The molecule has 1 atom stereocenters. The van der Waals surface area contributed by atoms with Crippen molar-refractivity contribution in [3.8, 4) is 0 Å². The first-order valence-corrected chi connectivity index (χ1v) is 4.78. The molecule has 0 aromatic carbocycles. The van der Waals surface area contributed by atoms with Crippen LogP contribution in [0.1, 0.15) is 23.1 Å². The molecule has 0 saturated carbocycles. The van der Waals surface area contributed by atoms with Crippen molar-refractivity contribution in [1.82, 2.24) is 10.6 Å². The smallest absolute Gasteiger partial charge is 0.122 e. The molecule has 14 heavy (non-hydrogen) atoms. The summed E-state index contributed by atoms with van der Waals surface area (Å²) in [5, 5.41) is 6.76. The molecular formula is C10H17ClN2O. The zero-order chi connectivity index (χ0) is 9.26. The number of aryl methyl sites for hydroxylation is 2. The fourth-order valence-electron chi connectivity index (χ4n) is 1.63. The summed E-state index contributed by atoms with van der Waals surface area (Å²) in [6, 6.07) is 2.47. The van der Waals surface area contributed by atoms with E-state index in [1.807, 2.05) is 6.92 Å². The molecule has 1 aromatic rings. The van der Waals surface area contributed by atoms with Crippen LogP contribution in [0.15, 0.2) is 10.5 Å². The van der Waals surface area contributed by atoms with Gasteiger partial charge in [-0.1, -0.05) is 0 Å². The third-order valence-corrected chi connectivity index (χ3v) is 2.57. The Kier molecular flexibility index (Phi) is 3.98. The summed E-state index contributed by atoms with van der Waals surface area (Å²) >= 11 is 0. The van der Waals surface area contributed by atoms with Gasteiger partial charge < -0.3 is 15.1 Å². The number of rotatable bonds is 1. The van der Waals surface area contributed by atoms with Crippen LogP contribution in [0.4, 0.5) is 0 Å². The predicted octanol–water partition coefficient (Wildman–Crippen LogP) is 1.55. The maximum atomic E-state index is 5.65. The van der Waals surface area contributed by atoms with E-state index in [2.05, 4.69) is 23.6 Å². The summed E-state index contributed by atoms with van der Waals surface area (Å²) in [5.74, 6) is 2.09. The highest BCUT2D eigenvalue weighted by atomic mass is 35.5.